The molecule has 0 aromatic rings. The number of nitrogens with two attached hydrogens (primary N) is 1. The van der Waals surface area contributed by atoms with Crippen LogP contribution in [-0.4, -0.2) is 29.3 Å². The Morgan fingerprint density at radius 3 is 2.47 bits per heavy atom. The van der Waals surface area contributed by atoms with E-state index in [9.17, 15) is 5.11 Å². The highest BCUT2D eigenvalue weighted by atomic mass is 16.3. The quantitative estimate of drug-likeness (QED) is 0.648. The van der Waals surface area contributed by atoms with E-state index >= 15 is 0 Å². The summed E-state index contributed by atoms with van der Waals surface area (Å²) in [6, 6.07) is 0.965. The minimum atomic E-state index is -0.547. The maximum absolute atomic E-state index is 10.0. The molecular formula is C12H26N2O. The van der Waals surface area contributed by atoms with Crippen molar-refractivity contribution >= 4 is 0 Å². The van der Waals surface area contributed by atoms with Gasteiger partial charge in [0.25, 0.3) is 0 Å². The lowest BCUT2D eigenvalue weighted by molar-refractivity contribution is 0.0455. The summed E-state index contributed by atoms with van der Waals surface area (Å²) in [4.78, 5) is 0. The van der Waals surface area contributed by atoms with Crippen molar-refractivity contribution < 1.29 is 5.11 Å². The van der Waals surface area contributed by atoms with Crippen LogP contribution in [0, 0.1) is 0 Å². The minimum absolute atomic E-state index is 0.402. The van der Waals surface area contributed by atoms with Crippen molar-refractivity contribution in [2.75, 3.05) is 6.54 Å². The number of aliphatic hydroxyl groups is 1. The Bertz CT molecular complexity index is 174. The van der Waals surface area contributed by atoms with Gasteiger partial charge in [0.05, 0.1) is 5.60 Å². The van der Waals surface area contributed by atoms with Gasteiger partial charge in [-0.15, -0.1) is 0 Å². The predicted octanol–water partition coefficient (Wildman–Crippen LogP) is 1.40. The van der Waals surface area contributed by atoms with Crippen LogP contribution in [0.15, 0.2) is 0 Å². The van der Waals surface area contributed by atoms with Gasteiger partial charge in [0.2, 0.25) is 0 Å². The first-order chi connectivity index (χ1) is 7.03. The van der Waals surface area contributed by atoms with Gasteiger partial charge in [0, 0.05) is 18.6 Å². The molecule has 0 heterocycles. The zero-order valence-corrected chi connectivity index (χ0v) is 10.1. The molecule has 4 N–H and O–H groups in total. The first-order valence-electron chi connectivity index (χ1n) is 6.25. The predicted molar refractivity (Wildman–Crippen MR) is 63.8 cm³/mol. The van der Waals surface area contributed by atoms with Gasteiger partial charge in [0.15, 0.2) is 0 Å². The molecule has 1 rings (SSSR count). The highest BCUT2D eigenvalue weighted by Gasteiger charge is 2.23. The molecule has 0 spiro atoms. The molecule has 0 aromatic carbocycles. The summed E-state index contributed by atoms with van der Waals surface area (Å²) in [6.45, 7) is 4.73. The average molecular weight is 214 g/mol. The van der Waals surface area contributed by atoms with E-state index in [0.717, 1.165) is 38.5 Å². The molecule has 1 atom stereocenters. The normalized spacial score (nSPS) is 31.2. The van der Waals surface area contributed by atoms with Crippen LogP contribution in [0.25, 0.3) is 0 Å². The van der Waals surface area contributed by atoms with Crippen LogP contribution >= 0.6 is 0 Å². The van der Waals surface area contributed by atoms with Crippen LogP contribution in [0.5, 0.6) is 0 Å². The fourth-order valence-corrected chi connectivity index (χ4v) is 2.31. The molecule has 3 heteroatoms. The van der Waals surface area contributed by atoms with Crippen LogP contribution < -0.4 is 11.1 Å². The van der Waals surface area contributed by atoms with Crippen LogP contribution in [0.3, 0.4) is 0 Å². The fourth-order valence-electron chi connectivity index (χ4n) is 2.31. The standard InChI is InChI=1S/C12H26N2O/c1-3-8-12(2,15)9-14-11-6-4-10(13)5-7-11/h10-11,14-15H,3-9,13H2,1-2H3. The molecule has 90 valence electrons. The summed E-state index contributed by atoms with van der Waals surface area (Å²) in [5.74, 6) is 0. The van der Waals surface area contributed by atoms with Crippen molar-refractivity contribution in [3.8, 4) is 0 Å². The molecule has 0 radical (unpaired) electrons. The van der Waals surface area contributed by atoms with E-state index in [4.69, 9.17) is 5.73 Å². The summed E-state index contributed by atoms with van der Waals surface area (Å²) in [6.07, 6.45) is 6.45. The van der Waals surface area contributed by atoms with Crippen molar-refractivity contribution in [1.82, 2.24) is 5.32 Å². The third kappa shape index (κ3) is 4.96. The largest absolute Gasteiger partial charge is 0.389 e. The third-order valence-electron chi connectivity index (χ3n) is 3.33. The van der Waals surface area contributed by atoms with Gasteiger partial charge in [0.1, 0.15) is 0 Å². The Kier molecular flexibility index (Phi) is 5.03. The monoisotopic (exact) mass is 214 g/mol. The molecule has 1 aliphatic carbocycles. The first-order valence-corrected chi connectivity index (χ1v) is 6.25. The summed E-state index contributed by atoms with van der Waals surface area (Å²) in [5.41, 5.74) is 5.30. The molecule has 0 amide bonds. The molecule has 15 heavy (non-hydrogen) atoms. The van der Waals surface area contributed by atoms with Gasteiger partial charge >= 0.3 is 0 Å². The van der Waals surface area contributed by atoms with Crippen molar-refractivity contribution in [3.63, 3.8) is 0 Å². The van der Waals surface area contributed by atoms with E-state index in [0.29, 0.717) is 18.6 Å². The summed E-state index contributed by atoms with van der Waals surface area (Å²) >= 11 is 0. The van der Waals surface area contributed by atoms with Crippen LogP contribution in [-0.2, 0) is 0 Å². The maximum atomic E-state index is 10.0. The summed E-state index contributed by atoms with van der Waals surface area (Å²) < 4.78 is 0. The smallest absolute Gasteiger partial charge is 0.0743 e. The minimum Gasteiger partial charge on any atom is -0.389 e. The van der Waals surface area contributed by atoms with E-state index < -0.39 is 5.60 Å². The molecular weight excluding hydrogens is 188 g/mol. The van der Waals surface area contributed by atoms with Crippen molar-refractivity contribution in [1.29, 1.82) is 0 Å². The fraction of sp³-hybridized carbons (Fsp3) is 1.00. The van der Waals surface area contributed by atoms with Crippen molar-refractivity contribution in [3.05, 3.63) is 0 Å². The number of rotatable bonds is 5. The van der Waals surface area contributed by atoms with E-state index in [1.807, 2.05) is 6.92 Å². The van der Waals surface area contributed by atoms with E-state index in [2.05, 4.69) is 12.2 Å². The number of hydrogen-bond acceptors (Lipinski definition) is 3. The molecule has 1 unspecified atom stereocenters. The van der Waals surface area contributed by atoms with Crippen molar-refractivity contribution in [2.45, 2.75) is 70.1 Å². The van der Waals surface area contributed by atoms with Gasteiger partial charge < -0.3 is 16.2 Å². The van der Waals surface area contributed by atoms with Crippen LogP contribution in [0.2, 0.25) is 0 Å². The SMILES string of the molecule is CCCC(C)(O)CNC1CCC(N)CC1. The average Bonchev–Trinajstić information content (AvgIpc) is 2.17. The Balaban J connectivity index is 2.19. The van der Waals surface area contributed by atoms with Crippen LogP contribution in [0.1, 0.15) is 52.4 Å². The molecule has 0 aliphatic heterocycles. The second-order valence-corrected chi connectivity index (χ2v) is 5.24. The highest BCUT2D eigenvalue weighted by molar-refractivity contribution is 4.82. The molecule has 1 aliphatic rings. The zero-order valence-electron chi connectivity index (χ0n) is 10.1. The summed E-state index contributed by atoms with van der Waals surface area (Å²) in [7, 11) is 0. The molecule has 3 nitrogen and oxygen atoms in total. The Morgan fingerprint density at radius 1 is 1.33 bits per heavy atom. The van der Waals surface area contributed by atoms with Gasteiger partial charge in [-0.25, -0.2) is 0 Å². The van der Waals surface area contributed by atoms with E-state index in [1.54, 1.807) is 0 Å². The lowest BCUT2D eigenvalue weighted by Gasteiger charge is -2.30. The lowest BCUT2D eigenvalue weighted by atomic mass is 9.91. The molecule has 0 saturated heterocycles. The molecule has 1 saturated carbocycles. The summed E-state index contributed by atoms with van der Waals surface area (Å²) in [5, 5.41) is 13.5. The second-order valence-electron chi connectivity index (χ2n) is 5.24. The van der Waals surface area contributed by atoms with Gasteiger partial charge in [-0.05, 0) is 39.0 Å². The maximum Gasteiger partial charge on any atom is 0.0743 e. The van der Waals surface area contributed by atoms with Crippen LogP contribution in [0.4, 0.5) is 0 Å². The second kappa shape index (κ2) is 5.83. The number of hydrogen-bond donors (Lipinski definition) is 3. The van der Waals surface area contributed by atoms with Gasteiger partial charge in [-0.2, -0.15) is 0 Å². The highest BCUT2D eigenvalue weighted by Crippen LogP contribution is 2.18. The topological polar surface area (TPSA) is 58.3 Å². The molecule has 0 bridgehead atoms. The van der Waals surface area contributed by atoms with E-state index in [1.165, 1.54) is 0 Å². The Labute approximate surface area is 93.4 Å². The van der Waals surface area contributed by atoms with Gasteiger partial charge in [-0.3, -0.25) is 0 Å². The van der Waals surface area contributed by atoms with Gasteiger partial charge in [-0.1, -0.05) is 13.3 Å². The first kappa shape index (κ1) is 12.9. The Morgan fingerprint density at radius 2 is 1.93 bits per heavy atom. The molecule has 1 fully saturated rings. The number of nitrogens with one attached hydrogen (secondary N) is 1. The molecule has 0 aromatic heterocycles. The van der Waals surface area contributed by atoms with E-state index in [-0.39, 0.29) is 0 Å². The van der Waals surface area contributed by atoms with Crippen molar-refractivity contribution in [2.24, 2.45) is 5.73 Å². The zero-order chi connectivity index (χ0) is 11.3. The third-order valence-corrected chi connectivity index (χ3v) is 3.33. The Hall–Kier alpha value is -0.120. The lowest BCUT2D eigenvalue weighted by Crippen LogP contribution is -2.45.